The van der Waals surface area contributed by atoms with E-state index in [0.29, 0.717) is 12.0 Å². The molecule has 0 radical (unpaired) electrons. The average molecular weight is 187 g/mol. The van der Waals surface area contributed by atoms with Gasteiger partial charge in [0.2, 0.25) is 0 Å². The maximum absolute atomic E-state index is 10.3. The van der Waals surface area contributed by atoms with Crippen molar-refractivity contribution in [3.05, 3.63) is 0 Å². The third-order valence-corrected chi connectivity index (χ3v) is 2.35. The monoisotopic (exact) mass is 187 g/mol. The molecule has 2 atom stereocenters. The highest BCUT2D eigenvalue weighted by molar-refractivity contribution is 5.68. The van der Waals surface area contributed by atoms with E-state index in [2.05, 4.69) is 19.2 Å². The van der Waals surface area contributed by atoms with Crippen LogP contribution in [-0.4, -0.2) is 36.4 Å². The molecule has 1 fully saturated rings. The summed E-state index contributed by atoms with van der Waals surface area (Å²) in [6.45, 7) is 4.96. The van der Waals surface area contributed by atoms with E-state index in [1.54, 1.807) is 0 Å². The van der Waals surface area contributed by atoms with Crippen LogP contribution in [0.15, 0.2) is 0 Å². The van der Waals surface area contributed by atoms with E-state index in [4.69, 9.17) is 9.84 Å². The standard InChI is InChI=1S/C9H17NO3/c1-6(2)9-7(3-4-10-9)13-5-8(11)12/h6-7,9-10H,3-5H2,1-2H3,(H,11,12). The summed E-state index contributed by atoms with van der Waals surface area (Å²) in [5, 5.41) is 11.8. The number of hydrogen-bond donors (Lipinski definition) is 2. The van der Waals surface area contributed by atoms with Crippen LogP contribution in [0.1, 0.15) is 20.3 Å². The summed E-state index contributed by atoms with van der Waals surface area (Å²) in [6, 6.07) is 0.305. The van der Waals surface area contributed by atoms with E-state index in [-0.39, 0.29) is 12.7 Å². The number of rotatable bonds is 4. The van der Waals surface area contributed by atoms with Crippen molar-refractivity contribution in [2.24, 2.45) is 5.92 Å². The molecule has 0 saturated carbocycles. The zero-order chi connectivity index (χ0) is 9.84. The molecule has 0 spiro atoms. The van der Waals surface area contributed by atoms with Crippen LogP contribution in [0.25, 0.3) is 0 Å². The molecule has 0 aliphatic carbocycles. The van der Waals surface area contributed by atoms with Gasteiger partial charge >= 0.3 is 5.97 Å². The lowest BCUT2D eigenvalue weighted by Crippen LogP contribution is -2.37. The van der Waals surface area contributed by atoms with Crippen molar-refractivity contribution in [2.75, 3.05) is 13.2 Å². The van der Waals surface area contributed by atoms with Crippen LogP contribution in [0.4, 0.5) is 0 Å². The predicted molar refractivity (Wildman–Crippen MR) is 48.6 cm³/mol. The number of carboxylic acids is 1. The molecule has 1 saturated heterocycles. The molecule has 4 nitrogen and oxygen atoms in total. The summed E-state index contributed by atoms with van der Waals surface area (Å²) in [5.41, 5.74) is 0. The van der Waals surface area contributed by atoms with Gasteiger partial charge in [0, 0.05) is 6.04 Å². The molecule has 2 N–H and O–H groups in total. The predicted octanol–water partition coefficient (Wildman–Crippen LogP) is 0.474. The molecule has 76 valence electrons. The number of carbonyl (C=O) groups is 1. The molecule has 1 heterocycles. The van der Waals surface area contributed by atoms with Crippen LogP contribution in [0, 0.1) is 5.92 Å². The first-order valence-corrected chi connectivity index (χ1v) is 4.68. The van der Waals surface area contributed by atoms with Crippen molar-refractivity contribution in [3.63, 3.8) is 0 Å². The first-order valence-electron chi connectivity index (χ1n) is 4.68. The van der Waals surface area contributed by atoms with Gasteiger partial charge < -0.3 is 15.2 Å². The maximum atomic E-state index is 10.3. The van der Waals surface area contributed by atoms with Crippen molar-refractivity contribution in [1.29, 1.82) is 0 Å². The highest BCUT2D eigenvalue weighted by atomic mass is 16.5. The molecule has 0 aromatic rings. The fourth-order valence-electron chi connectivity index (χ4n) is 1.73. The summed E-state index contributed by atoms with van der Waals surface area (Å²) in [6.07, 6.45) is 0.979. The topological polar surface area (TPSA) is 58.6 Å². The molecule has 0 amide bonds. The van der Waals surface area contributed by atoms with Crippen LogP contribution >= 0.6 is 0 Å². The molecule has 1 rings (SSSR count). The zero-order valence-electron chi connectivity index (χ0n) is 8.12. The van der Waals surface area contributed by atoms with E-state index in [9.17, 15) is 4.79 Å². The second-order valence-electron chi connectivity index (χ2n) is 3.76. The number of ether oxygens (including phenoxy) is 1. The van der Waals surface area contributed by atoms with Gasteiger partial charge in [-0.1, -0.05) is 13.8 Å². The minimum atomic E-state index is -0.894. The fraction of sp³-hybridized carbons (Fsp3) is 0.889. The Morgan fingerprint density at radius 3 is 2.92 bits per heavy atom. The Morgan fingerprint density at radius 2 is 2.38 bits per heavy atom. The van der Waals surface area contributed by atoms with Gasteiger partial charge in [0.05, 0.1) is 6.10 Å². The van der Waals surface area contributed by atoms with Gasteiger partial charge in [-0.3, -0.25) is 0 Å². The lowest BCUT2D eigenvalue weighted by Gasteiger charge is -2.22. The first-order chi connectivity index (χ1) is 6.11. The summed E-state index contributed by atoms with van der Waals surface area (Å²) < 4.78 is 5.28. The van der Waals surface area contributed by atoms with Crippen LogP contribution in [0.3, 0.4) is 0 Å². The highest BCUT2D eigenvalue weighted by Gasteiger charge is 2.30. The van der Waals surface area contributed by atoms with Gasteiger partial charge in [-0.2, -0.15) is 0 Å². The van der Waals surface area contributed by atoms with Crippen molar-refractivity contribution in [2.45, 2.75) is 32.4 Å². The molecule has 4 heteroatoms. The first kappa shape index (κ1) is 10.5. The lowest BCUT2D eigenvalue weighted by molar-refractivity contribution is -0.144. The van der Waals surface area contributed by atoms with Gasteiger partial charge in [-0.15, -0.1) is 0 Å². The Bertz CT molecular complexity index is 182. The van der Waals surface area contributed by atoms with Crippen molar-refractivity contribution in [3.8, 4) is 0 Å². The quantitative estimate of drug-likeness (QED) is 0.672. The molecule has 1 aliphatic heterocycles. The Labute approximate surface area is 78.3 Å². The van der Waals surface area contributed by atoms with E-state index in [1.165, 1.54) is 0 Å². The van der Waals surface area contributed by atoms with Crippen molar-refractivity contribution < 1.29 is 14.6 Å². The lowest BCUT2D eigenvalue weighted by atomic mass is 10.0. The largest absolute Gasteiger partial charge is 0.480 e. The van der Waals surface area contributed by atoms with Crippen LogP contribution in [0.2, 0.25) is 0 Å². The van der Waals surface area contributed by atoms with Gasteiger partial charge in [-0.25, -0.2) is 4.79 Å². The smallest absolute Gasteiger partial charge is 0.329 e. The minimum absolute atomic E-state index is 0.0658. The summed E-state index contributed by atoms with van der Waals surface area (Å²) in [4.78, 5) is 10.3. The molecule has 1 aliphatic rings. The molecule has 0 bridgehead atoms. The van der Waals surface area contributed by atoms with Crippen molar-refractivity contribution in [1.82, 2.24) is 5.32 Å². The number of nitrogens with one attached hydrogen (secondary N) is 1. The molecule has 0 aromatic heterocycles. The molecular formula is C9H17NO3. The van der Waals surface area contributed by atoms with E-state index >= 15 is 0 Å². The number of aliphatic carboxylic acids is 1. The van der Waals surface area contributed by atoms with E-state index in [1.807, 2.05) is 0 Å². The zero-order valence-corrected chi connectivity index (χ0v) is 8.12. The number of hydrogen-bond acceptors (Lipinski definition) is 3. The van der Waals surface area contributed by atoms with Gasteiger partial charge in [-0.05, 0) is 18.9 Å². The molecule has 13 heavy (non-hydrogen) atoms. The van der Waals surface area contributed by atoms with Gasteiger partial charge in [0.15, 0.2) is 0 Å². The Morgan fingerprint density at radius 1 is 1.69 bits per heavy atom. The number of carboxylic acid groups (broad SMARTS) is 1. The van der Waals surface area contributed by atoms with Crippen LogP contribution in [0.5, 0.6) is 0 Å². The Hall–Kier alpha value is -0.610. The summed E-state index contributed by atoms with van der Waals surface area (Å²) in [5.74, 6) is -0.407. The third kappa shape index (κ3) is 2.97. The average Bonchev–Trinajstić information content (AvgIpc) is 2.47. The van der Waals surface area contributed by atoms with E-state index in [0.717, 1.165) is 13.0 Å². The maximum Gasteiger partial charge on any atom is 0.329 e. The van der Waals surface area contributed by atoms with E-state index < -0.39 is 5.97 Å². The Kier molecular flexibility index (Phi) is 3.69. The molecule has 2 unspecified atom stereocenters. The van der Waals surface area contributed by atoms with Gasteiger partial charge in [0.1, 0.15) is 6.61 Å². The van der Waals surface area contributed by atoms with Crippen molar-refractivity contribution >= 4 is 5.97 Å². The second kappa shape index (κ2) is 4.58. The Balaban J connectivity index is 2.35. The summed E-state index contributed by atoms with van der Waals surface area (Å²) >= 11 is 0. The van der Waals surface area contributed by atoms with Crippen LogP contribution in [-0.2, 0) is 9.53 Å². The molecule has 0 aromatic carbocycles. The highest BCUT2D eigenvalue weighted by Crippen LogP contribution is 2.17. The summed E-state index contributed by atoms with van der Waals surface area (Å²) in [7, 11) is 0. The SMILES string of the molecule is CC(C)C1NCCC1OCC(=O)O. The molecular weight excluding hydrogens is 170 g/mol. The normalized spacial score (nSPS) is 28.2. The van der Waals surface area contributed by atoms with Crippen LogP contribution < -0.4 is 5.32 Å². The fourth-order valence-corrected chi connectivity index (χ4v) is 1.73. The van der Waals surface area contributed by atoms with Gasteiger partial charge in [0.25, 0.3) is 0 Å². The minimum Gasteiger partial charge on any atom is -0.480 e. The third-order valence-electron chi connectivity index (χ3n) is 2.35. The second-order valence-corrected chi connectivity index (χ2v) is 3.76.